The predicted molar refractivity (Wildman–Crippen MR) is 94.5 cm³/mol. The SMILES string of the molecule is CCOc1ccc(C(=O)C(C)N2CCNCC2)cc1C(C)(C)C. The Morgan fingerprint density at radius 2 is 1.96 bits per heavy atom. The second-order valence-electron chi connectivity index (χ2n) is 7.22. The summed E-state index contributed by atoms with van der Waals surface area (Å²) < 4.78 is 5.75. The van der Waals surface area contributed by atoms with Gasteiger partial charge in [0.2, 0.25) is 0 Å². The normalized spacial score (nSPS) is 17.8. The number of nitrogens with one attached hydrogen (secondary N) is 1. The Morgan fingerprint density at radius 3 is 2.52 bits per heavy atom. The first-order chi connectivity index (χ1) is 10.8. The fraction of sp³-hybridized carbons (Fsp3) is 0.632. The van der Waals surface area contributed by atoms with Crippen molar-refractivity contribution in [3.8, 4) is 5.75 Å². The first-order valence-electron chi connectivity index (χ1n) is 8.61. The van der Waals surface area contributed by atoms with E-state index in [0.29, 0.717) is 6.61 Å². The van der Waals surface area contributed by atoms with Gasteiger partial charge < -0.3 is 10.1 Å². The number of hydrogen-bond donors (Lipinski definition) is 1. The molecule has 1 aromatic carbocycles. The van der Waals surface area contributed by atoms with Crippen LogP contribution in [0.25, 0.3) is 0 Å². The minimum atomic E-state index is -0.0807. The standard InChI is InChI=1S/C19H30N2O2/c1-6-23-17-8-7-15(13-16(17)19(3,4)5)18(22)14(2)21-11-9-20-10-12-21/h7-8,13-14,20H,6,9-12H2,1-5H3. The zero-order valence-corrected chi connectivity index (χ0v) is 15.1. The number of benzene rings is 1. The average molecular weight is 318 g/mol. The van der Waals surface area contributed by atoms with Crippen LogP contribution >= 0.6 is 0 Å². The molecule has 0 aromatic heterocycles. The summed E-state index contributed by atoms with van der Waals surface area (Å²) in [5.74, 6) is 1.08. The molecule has 2 rings (SSSR count). The highest BCUT2D eigenvalue weighted by Crippen LogP contribution is 2.32. The Morgan fingerprint density at radius 1 is 1.30 bits per heavy atom. The molecule has 1 fully saturated rings. The highest BCUT2D eigenvalue weighted by Gasteiger charge is 2.26. The van der Waals surface area contributed by atoms with Crippen LogP contribution in [0, 0.1) is 0 Å². The van der Waals surface area contributed by atoms with E-state index in [0.717, 1.165) is 43.1 Å². The third kappa shape index (κ3) is 4.33. The van der Waals surface area contributed by atoms with Crippen LogP contribution in [0.15, 0.2) is 18.2 Å². The van der Waals surface area contributed by atoms with E-state index in [1.54, 1.807) is 0 Å². The molecule has 0 radical (unpaired) electrons. The second-order valence-corrected chi connectivity index (χ2v) is 7.22. The lowest BCUT2D eigenvalue weighted by atomic mass is 9.84. The van der Waals surface area contributed by atoms with Gasteiger partial charge in [0.25, 0.3) is 0 Å². The summed E-state index contributed by atoms with van der Waals surface area (Å²) in [5.41, 5.74) is 1.82. The van der Waals surface area contributed by atoms with Gasteiger partial charge in [-0.3, -0.25) is 9.69 Å². The van der Waals surface area contributed by atoms with Gasteiger partial charge in [-0.25, -0.2) is 0 Å². The minimum absolute atomic E-state index is 0.0565. The summed E-state index contributed by atoms with van der Waals surface area (Å²) in [6.07, 6.45) is 0. The van der Waals surface area contributed by atoms with E-state index < -0.39 is 0 Å². The smallest absolute Gasteiger partial charge is 0.179 e. The molecule has 1 N–H and O–H groups in total. The highest BCUT2D eigenvalue weighted by atomic mass is 16.5. The van der Waals surface area contributed by atoms with E-state index in [4.69, 9.17) is 4.74 Å². The average Bonchev–Trinajstić information content (AvgIpc) is 2.54. The molecule has 4 nitrogen and oxygen atoms in total. The molecule has 0 amide bonds. The number of nitrogens with zero attached hydrogens (tertiary/aromatic N) is 1. The van der Waals surface area contributed by atoms with Crippen LogP contribution in [-0.2, 0) is 5.41 Å². The molecular formula is C19H30N2O2. The molecule has 1 aliphatic heterocycles. The van der Waals surface area contributed by atoms with Gasteiger partial charge in [-0.1, -0.05) is 20.8 Å². The van der Waals surface area contributed by atoms with Crippen LogP contribution in [-0.4, -0.2) is 49.5 Å². The summed E-state index contributed by atoms with van der Waals surface area (Å²) in [5, 5.41) is 3.33. The number of ether oxygens (including phenoxy) is 1. The van der Waals surface area contributed by atoms with Crippen LogP contribution < -0.4 is 10.1 Å². The molecule has 1 unspecified atom stereocenters. The molecule has 1 atom stereocenters. The molecule has 4 heteroatoms. The fourth-order valence-corrected chi connectivity index (χ4v) is 3.03. The van der Waals surface area contributed by atoms with Gasteiger partial charge in [-0.15, -0.1) is 0 Å². The monoisotopic (exact) mass is 318 g/mol. The van der Waals surface area contributed by atoms with E-state index in [1.807, 2.05) is 32.0 Å². The number of rotatable bonds is 5. The Hall–Kier alpha value is -1.39. The molecule has 128 valence electrons. The van der Waals surface area contributed by atoms with Crippen molar-refractivity contribution in [2.45, 2.75) is 46.1 Å². The van der Waals surface area contributed by atoms with E-state index in [2.05, 4.69) is 31.0 Å². The zero-order chi connectivity index (χ0) is 17.0. The largest absolute Gasteiger partial charge is 0.494 e. The van der Waals surface area contributed by atoms with Gasteiger partial charge >= 0.3 is 0 Å². The van der Waals surface area contributed by atoms with Crippen molar-refractivity contribution in [3.05, 3.63) is 29.3 Å². The number of hydrogen-bond acceptors (Lipinski definition) is 4. The van der Waals surface area contributed by atoms with Crippen molar-refractivity contribution >= 4 is 5.78 Å². The quantitative estimate of drug-likeness (QED) is 0.848. The Labute approximate surface area is 140 Å². The van der Waals surface area contributed by atoms with Gasteiger partial charge in [0.1, 0.15) is 5.75 Å². The van der Waals surface area contributed by atoms with Crippen LogP contribution in [0.3, 0.4) is 0 Å². The molecule has 0 bridgehead atoms. The molecule has 0 aliphatic carbocycles. The van der Waals surface area contributed by atoms with E-state index in [-0.39, 0.29) is 17.2 Å². The topological polar surface area (TPSA) is 41.6 Å². The Bertz CT molecular complexity index is 543. The summed E-state index contributed by atoms with van der Waals surface area (Å²) >= 11 is 0. The minimum Gasteiger partial charge on any atom is -0.494 e. The Balaban J connectivity index is 2.26. The maximum Gasteiger partial charge on any atom is 0.179 e. The highest BCUT2D eigenvalue weighted by molar-refractivity contribution is 6.00. The zero-order valence-electron chi connectivity index (χ0n) is 15.1. The Kier molecular flexibility index (Phi) is 5.82. The van der Waals surface area contributed by atoms with Crippen LogP contribution in [0.1, 0.15) is 50.5 Å². The number of carbonyl (C=O) groups excluding carboxylic acids is 1. The van der Waals surface area contributed by atoms with Crippen LogP contribution in [0.2, 0.25) is 0 Å². The summed E-state index contributed by atoms with van der Waals surface area (Å²) in [6, 6.07) is 5.79. The maximum absolute atomic E-state index is 12.9. The third-order valence-corrected chi connectivity index (χ3v) is 4.45. The number of ketones is 1. The van der Waals surface area contributed by atoms with Crippen molar-refractivity contribution < 1.29 is 9.53 Å². The molecule has 1 aromatic rings. The summed E-state index contributed by atoms with van der Waals surface area (Å²) in [4.78, 5) is 15.1. The number of piperazine rings is 1. The number of Topliss-reactive ketones (excluding diaryl/α,β-unsaturated/α-hetero) is 1. The molecule has 1 heterocycles. The van der Waals surface area contributed by atoms with Crippen molar-refractivity contribution in [2.24, 2.45) is 0 Å². The van der Waals surface area contributed by atoms with Gasteiger partial charge in [0.05, 0.1) is 12.6 Å². The lowest BCUT2D eigenvalue weighted by Gasteiger charge is -2.32. The molecule has 1 aliphatic rings. The fourth-order valence-electron chi connectivity index (χ4n) is 3.03. The first kappa shape index (κ1) is 18.0. The molecule has 0 spiro atoms. The van der Waals surface area contributed by atoms with Crippen molar-refractivity contribution in [2.75, 3.05) is 32.8 Å². The third-order valence-electron chi connectivity index (χ3n) is 4.45. The first-order valence-corrected chi connectivity index (χ1v) is 8.61. The van der Waals surface area contributed by atoms with Gasteiger partial charge in [0.15, 0.2) is 5.78 Å². The van der Waals surface area contributed by atoms with Gasteiger partial charge in [0, 0.05) is 37.3 Å². The molecule has 1 saturated heterocycles. The van der Waals surface area contributed by atoms with Gasteiger partial charge in [-0.2, -0.15) is 0 Å². The maximum atomic E-state index is 12.9. The lowest BCUT2D eigenvalue weighted by molar-refractivity contribution is 0.0820. The molecule has 23 heavy (non-hydrogen) atoms. The molecular weight excluding hydrogens is 288 g/mol. The van der Waals surface area contributed by atoms with Crippen LogP contribution in [0.5, 0.6) is 5.75 Å². The summed E-state index contributed by atoms with van der Waals surface area (Å²) in [7, 11) is 0. The van der Waals surface area contributed by atoms with E-state index >= 15 is 0 Å². The van der Waals surface area contributed by atoms with Crippen LogP contribution in [0.4, 0.5) is 0 Å². The lowest BCUT2D eigenvalue weighted by Crippen LogP contribution is -2.50. The van der Waals surface area contributed by atoms with Crippen molar-refractivity contribution in [1.29, 1.82) is 0 Å². The van der Waals surface area contributed by atoms with Crippen molar-refractivity contribution in [1.82, 2.24) is 10.2 Å². The summed E-state index contributed by atoms with van der Waals surface area (Å²) in [6.45, 7) is 14.8. The van der Waals surface area contributed by atoms with E-state index in [9.17, 15) is 4.79 Å². The van der Waals surface area contributed by atoms with Gasteiger partial charge in [-0.05, 0) is 37.5 Å². The second kappa shape index (κ2) is 7.45. The predicted octanol–water partition coefficient (Wildman–Crippen LogP) is 2.86. The van der Waals surface area contributed by atoms with Crippen molar-refractivity contribution in [3.63, 3.8) is 0 Å². The van der Waals surface area contributed by atoms with E-state index in [1.165, 1.54) is 0 Å². The number of carbonyl (C=O) groups is 1. The molecule has 0 saturated carbocycles.